The van der Waals surface area contributed by atoms with E-state index in [9.17, 15) is 0 Å². The summed E-state index contributed by atoms with van der Waals surface area (Å²) in [7, 11) is -0.640. The van der Waals surface area contributed by atoms with Crippen molar-refractivity contribution in [3.63, 3.8) is 0 Å². The van der Waals surface area contributed by atoms with Crippen LogP contribution in [0.25, 0.3) is 12.2 Å². The quantitative estimate of drug-likeness (QED) is 0.358. The molecule has 0 nitrogen and oxygen atoms in total. The summed E-state index contributed by atoms with van der Waals surface area (Å²) in [6.45, 7) is 28.8. The highest BCUT2D eigenvalue weighted by Crippen LogP contribution is 2.52. The Hall–Kier alpha value is -1.86. The van der Waals surface area contributed by atoms with Gasteiger partial charge in [-0.15, -0.1) is 0 Å². The number of fused-ring (bicyclic) bond motifs is 2. The Morgan fingerprint density at radius 3 is 1.17 bits per heavy atom. The van der Waals surface area contributed by atoms with Gasteiger partial charge in [0.25, 0.3) is 0 Å². The van der Waals surface area contributed by atoms with Gasteiger partial charge in [0.2, 0.25) is 0 Å². The number of hydrogen-bond donors (Lipinski definition) is 0. The molecule has 0 fully saturated rings. The van der Waals surface area contributed by atoms with Crippen LogP contribution in [0, 0.1) is 0 Å². The zero-order valence-electron chi connectivity index (χ0n) is 24.5. The van der Waals surface area contributed by atoms with Crippen LogP contribution >= 0.6 is 0 Å². The Bertz CT molecular complexity index is 1120. The standard InChI is InChI=1S/C34H48Si/c1-19(2)25-15-27(21(5)6)29-13-23(9)33(11,31(29)17-25)35-34(12)24(10)14-30-28(22(7)8)16-26(20(3)4)18-32(30)34/h13-22H,35H2,1-12H3. The Morgan fingerprint density at radius 1 is 0.543 bits per heavy atom. The smallest absolute Gasteiger partial charge is 0.0544 e. The molecule has 2 atom stereocenters. The highest BCUT2D eigenvalue weighted by Gasteiger charge is 2.47. The predicted molar refractivity (Wildman–Crippen MR) is 160 cm³/mol. The molecule has 0 radical (unpaired) electrons. The molecule has 0 aliphatic heterocycles. The second-order valence-corrected chi connectivity index (χ2v) is 16.4. The van der Waals surface area contributed by atoms with Crippen LogP contribution in [0.3, 0.4) is 0 Å². The number of hydrogen-bond acceptors (Lipinski definition) is 0. The van der Waals surface area contributed by atoms with Gasteiger partial charge in [-0.3, -0.25) is 0 Å². The third-order valence-corrected chi connectivity index (χ3v) is 12.7. The lowest BCUT2D eigenvalue weighted by Crippen LogP contribution is -2.43. The highest BCUT2D eigenvalue weighted by atomic mass is 28.2. The van der Waals surface area contributed by atoms with Gasteiger partial charge in [0.05, 0.1) is 9.52 Å². The SMILES string of the molecule is CC1=Cc2c(C(C)C)cc(C(C)C)cc2C1(C)[SiH2]C1(C)C(C)=Cc2c(C(C)C)cc(C(C)C)cc21. The van der Waals surface area contributed by atoms with Crippen LogP contribution in [0.15, 0.2) is 35.4 Å². The Morgan fingerprint density at radius 2 is 0.886 bits per heavy atom. The van der Waals surface area contributed by atoms with Crippen LogP contribution in [0.1, 0.15) is 151 Å². The summed E-state index contributed by atoms with van der Waals surface area (Å²) < 4.78 is 0. The molecule has 1 heteroatoms. The lowest BCUT2D eigenvalue weighted by atomic mass is 9.86. The van der Waals surface area contributed by atoms with Crippen molar-refractivity contribution in [1.82, 2.24) is 0 Å². The van der Waals surface area contributed by atoms with Gasteiger partial charge in [0.15, 0.2) is 0 Å². The van der Waals surface area contributed by atoms with E-state index in [1.54, 1.807) is 22.3 Å². The van der Waals surface area contributed by atoms with Gasteiger partial charge in [-0.05, 0) is 82.0 Å². The van der Waals surface area contributed by atoms with Crippen molar-refractivity contribution in [3.8, 4) is 0 Å². The number of benzene rings is 2. The van der Waals surface area contributed by atoms with Crippen molar-refractivity contribution < 1.29 is 0 Å². The third-order valence-electron chi connectivity index (χ3n) is 9.40. The number of allylic oxidation sites excluding steroid dienone is 2. The van der Waals surface area contributed by atoms with E-state index >= 15 is 0 Å². The molecular formula is C34H48Si. The topological polar surface area (TPSA) is 0 Å². The minimum atomic E-state index is -0.640. The molecule has 0 spiro atoms. The molecule has 2 aromatic carbocycles. The van der Waals surface area contributed by atoms with Crippen LogP contribution in [0.5, 0.6) is 0 Å². The van der Waals surface area contributed by atoms with Crippen LogP contribution in [0.4, 0.5) is 0 Å². The maximum absolute atomic E-state index is 2.58. The van der Waals surface area contributed by atoms with Crippen LogP contribution in [0.2, 0.25) is 0 Å². The first-order valence-corrected chi connectivity index (χ1v) is 15.4. The van der Waals surface area contributed by atoms with Gasteiger partial charge in [0.1, 0.15) is 0 Å². The Kier molecular flexibility index (Phi) is 6.67. The van der Waals surface area contributed by atoms with Gasteiger partial charge >= 0.3 is 0 Å². The lowest BCUT2D eigenvalue weighted by Gasteiger charge is -2.39. The zero-order chi connectivity index (χ0) is 26.0. The molecule has 0 aromatic heterocycles. The molecule has 0 amide bonds. The fourth-order valence-corrected chi connectivity index (χ4v) is 9.75. The summed E-state index contributed by atoms with van der Waals surface area (Å²) in [5.74, 6) is 2.19. The van der Waals surface area contributed by atoms with E-state index in [2.05, 4.69) is 120 Å². The van der Waals surface area contributed by atoms with Crippen LogP contribution in [-0.4, -0.2) is 9.52 Å². The minimum absolute atomic E-state index is 0.168. The van der Waals surface area contributed by atoms with Gasteiger partial charge < -0.3 is 0 Å². The van der Waals surface area contributed by atoms with Gasteiger partial charge in [0, 0.05) is 10.1 Å². The van der Waals surface area contributed by atoms with E-state index in [4.69, 9.17) is 0 Å². The highest BCUT2D eigenvalue weighted by molar-refractivity contribution is 6.48. The molecule has 4 rings (SSSR count). The van der Waals surface area contributed by atoms with Crippen molar-refractivity contribution in [2.45, 2.75) is 117 Å². The molecule has 0 saturated heterocycles. The van der Waals surface area contributed by atoms with Gasteiger partial charge in [-0.25, -0.2) is 0 Å². The average molecular weight is 485 g/mol. The fourth-order valence-electron chi connectivity index (χ4n) is 6.61. The summed E-state index contributed by atoms with van der Waals surface area (Å²) in [6, 6.07) is 10.1. The fraction of sp³-hybridized carbons (Fsp3) is 0.529. The maximum atomic E-state index is 2.58. The lowest BCUT2D eigenvalue weighted by molar-refractivity contribution is 0.708. The monoisotopic (exact) mass is 484 g/mol. The normalized spacial score (nSPS) is 23.8. The first-order valence-electron chi connectivity index (χ1n) is 13.9. The first kappa shape index (κ1) is 26.2. The third kappa shape index (κ3) is 4.12. The van der Waals surface area contributed by atoms with E-state index in [1.807, 2.05) is 0 Å². The van der Waals surface area contributed by atoms with Crippen molar-refractivity contribution in [2.24, 2.45) is 0 Å². The van der Waals surface area contributed by atoms with E-state index in [0.29, 0.717) is 23.7 Å². The van der Waals surface area contributed by atoms with E-state index < -0.39 is 9.52 Å². The summed E-state index contributed by atoms with van der Waals surface area (Å²) in [5, 5.41) is 0.336. The molecule has 35 heavy (non-hydrogen) atoms. The van der Waals surface area contributed by atoms with Crippen molar-refractivity contribution >= 4 is 21.7 Å². The molecule has 0 heterocycles. The number of rotatable bonds is 6. The Balaban J connectivity index is 1.91. The van der Waals surface area contributed by atoms with Gasteiger partial charge in [-0.2, -0.15) is 0 Å². The molecule has 0 saturated carbocycles. The van der Waals surface area contributed by atoms with Crippen LogP contribution < -0.4 is 0 Å². The summed E-state index contributed by atoms with van der Waals surface area (Å²) in [5.41, 5.74) is 15.5. The van der Waals surface area contributed by atoms with Crippen molar-refractivity contribution in [1.29, 1.82) is 0 Å². The molecule has 2 aromatic rings. The zero-order valence-corrected chi connectivity index (χ0v) is 25.9. The second kappa shape index (κ2) is 8.91. The van der Waals surface area contributed by atoms with Crippen LogP contribution in [-0.2, 0) is 10.1 Å². The Labute approximate surface area is 218 Å². The summed E-state index contributed by atoms with van der Waals surface area (Å²) in [6.07, 6.45) is 5.09. The molecular weight excluding hydrogens is 436 g/mol. The molecule has 0 N–H and O–H groups in total. The molecule has 2 unspecified atom stereocenters. The summed E-state index contributed by atoms with van der Waals surface area (Å²) in [4.78, 5) is 0. The van der Waals surface area contributed by atoms with Crippen molar-refractivity contribution in [2.75, 3.05) is 0 Å². The minimum Gasteiger partial charge on any atom is -0.0658 e. The second-order valence-electron chi connectivity index (χ2n) is 13.3. The largest absolute Gasteiger partial charge is 0.0658 e. The van der Waals surface area contributed by atoms with E-state index in [-0.39, 0.29) is 10.1 Å². The molecule has 2 aliphatic carbocycles. The first-order chi connectivity index (χ1) is 16.2. The molecule has 188 valence electrons. The molecule has 2 aliphatic rings. The van der Waals surface area contributed by atoms with E-state index in [1.165, 1.54) is 33.4 Å². The molecule has 0 bridgehead atoms. The predicted octanol–water partition coefficient (Wildman–Crippen LogP) is 9.31. The van der Waals surface area contributed by atoms with Crippen molar-refractivity contribution in [3.05, 3.63) is 79.9 Å². The summed E-state index contributed by atoms with van der Waals surface area (Å²) >= 11 is 0. The maximum Gasteiger partial charge on any atom is 0.0544 e. The van der Waals surface area contributed by atoms with E-state index in [0.717, 1.165) is 0 Å². The average Bonchev–Trinajstić information content (AvgIpc) is 3.16. The van der Waals surface area contributed by atoms with Gasteiger partial charge in [-0.1, -0.05) is 117 Å².